The summed E-state index contributed by atoms with van der Waals surface area (Å²) in [5, 5.41) is 2.92. The highest BCUT2D eigenvalue weighted by Crippen LogP contribution is 2.37. The van der Waals surface area contributed by atoms with Gasteiger partial charge in [0.05, 0.1) is 6.04 Å². The number of rotatable bonds is 5. The van der Waals surface area contributed by atoms with Crippen molar-refractivity contribution in [1.82, 2.24) is 5.32 Å². The molecule has 1 saturated carbocycles. The van der Waals surface area contributed by atoms with Gasteiger partial charge < -0.3 is 5.32 Å². The monoisotopic (exact) mass is 321 g/mol. The van der Waals surface area contributed by atoms with E-state index < -0.39 is 9.05 Å². The third-order valence-corrected chi connectivity index (χ3v) is 6.73. The maximum atomic E-state index is 12.0. The lowest BCUT2D eigenvalue weighted by atomic mass is 10.1. The third-order valence-electron chi connectivity index (χ3n) is 3.37. The number of amides is 1. The summed E-state index contributed by atoms with van der Waals surface area (Å²) in [4.78, 5) is 12.7. The van der Waals surface area contributed by atoms with Gasteiger partial charge in [-0.15, -0.1) is 11.3 Å². The summed E-state index contributed by atoms with van der Waals surface area (Å²) >= 11 is 1.09. The topological polar surface area (TPSA) is 63.2 Å². The van der Waals surface area contributed by atoms with Crippen molar-refractivity contribution in [3.05, 3.63) is 17.0 Å². The first-order chi connectivity index (χ1) is 8.79. The summed E-state index contributed by atoms with van der Waals surface area (Å²) in [6.45, 7) is 3.77. The Balaban J connectivity index is 2.01. The van der Waals surface area contributed by atoms with Gasteiger partial charge >= 0.3 is 0 Å². The molecule has 1 aliphatic rings. The first-order valence-electron chi connectivity index (χ1n) is 6.14. The summed E-state index contributed by atoms with van der Waals surface area (Å²) in [5.41, 5.74) is 0. The second-order valence-corrected chi connectivity index (χ2v) is 8.86. The van der Waals surface area contributed by atoms with E-state index in [-0.39, 0.29) is 22.1 Å². The highest BCUT2D eigenvalue weighted by molar-refractivity contribution is 8.15. The molecule has 2 unspecified atom stereocenters. The minimum atomic E-state index is -3.69. The zero-order valence-corrected chi connectivity index (χ0v) is 13.1. The molecule has 0 spiro atoms. The number of hydrogen-bond donors (Lipinski definition) is 1. The molecule has 0 bridgehead atoms. The molecule has 4 nitrogen and oxygen atoms in total. The van der Waals surface area contributed by atoms with Crippen LogP contribution >= 0.6 is 22.0 Å². The van der Waals surface area contributed by atoms with Crippen molar-refractivity contribution in [2.45, 2.75) is 36.9 Å². The van der Waals surface area contributed by atoms with Crippen LogP contribution in [0.1, 0.15) is 37.6 Å². The minimum absolute atomic E-state index is 0.0265. The molecule has 2 rings (SSSR count). The molecule has 1 fully saturated rings. The SMILES string of the molecule is CC(NC(=O)C(C)C1CC1)c1ccc(S(=O)(=O)Cl)s1. The minimum Gasteiger partial charge on any atom is -0.349 e. The lowest BCUT2D eigenvalue weighted by molar-refractivity contribution is -0.125. The van der Waals surface area contributed by atoms with Crippen molar-refractivity contribution in [2.24, 2.45) is 11.8 Å². The number of hydrogen-bond acceptors (Lipinski definition) is 4. The molecule has 1 aromatic heterocycles. The predicted molar refractivity (Wildman–Crippen MR) is 75.8 cm³/mol. The van der Waals surface area contributed by atoms with E-state index in [1.807, 2.05) is 13.8 Å². The number of carbonyl (C=O) groups excluding carboxylic acids is 1. The van der Waals surface area contributed by atoms with Crippen molar-refractivity contribution in [2.75, 3.05) is 0 Å². The molecule has 0 radical (unpaired) electrons. The van der Waals surface area contributed by atoms with E-state index in [1.165, 1.54) is 6.07 Å². The fraction of sp³-hybridized carbons (Fsp3) is 0.583. The van der Waals surface area contributed by atoms with Crippen LogP contribution in [0.25, 0.3) is 0 Å². The Morgan fingerprint density at radius 2 is 2.05 bits per heavy atom. The van der Waals surface area contributed by atoms with Crippen LogP contribution in [-0.2, 0) is 13.8 Å². The van der Waals surface area contributed by atoms with Gasteiger partial charge in [0, 0.05) is 21.5 Å². The van der Waals surface area contributed by atoms with Crippen LogP contribution in [0.15, 0.2) is 16.3 Å². The van der Waals surface area contributed by atoms with E-state index in [9.17, 15) is 13.2 Å². The molecule has 106 valence electrons. The second kappa shape index (κ2) is 5.42. The molecule has 1 heterocycles. The van der Waals surface area contributed by atoms with E-state index in [0.29, 0.717) is 5.92 Å². The van der Waals surface area contributed by atoms with Crippen LogP contribution in [0.3, 0.4) is 0 Å². The Morgan fingerprint density at radius 3 is 2.53 bits per heavy atom. The van der Waals surface area contributed by atoms with E-state index >= 15 is 0 Å². The zero-order chi connectivity index (χ0) is 14.2. The quantitative estimate of drug-likeness (QED) is 0.848. The van der Waals surface area contributed by atoms with Crippen molar-refractivity contribution >= 4 is 37.0 Å². The number of nitrogens with one attached hydrogen (secondary N) is 1. The average molecular weight is 322 g/mol. The summed E-state index contributed by atoms with van der Waals surface area (Å²) in [5.74, 6) is 0.562. The van der Waals surface area contributed by atoms with Crippen molar-refractivity contribution < 1.29 is 13.2 Å². The summed E-state index contributed by atoms with van der Waals surface area (Å²) in [6.07, 6.45) is 2.24. The van der Waals surface area contributed by atoms with Crippen LogP contribution in [0.4, 0.5) is 0 Å². The molecule has 0 aliphatic heterocycles. The molecule has 7 heteroatoms. The maximum absolute atomic E-state index is 12.0. The summed E-state index contributed by atoms with van der Waals surface area (Å²) in [6, 6.07) is 2.95. The lowest BCUT2D eigenvalue weighted by Crippen LogP contribution is -2.32. The molecule has 1 aromatic rings. The molecule has 0 aromatic carbocycles. The van der Waals surface area contributed by atoms with Gasteiger partial charge in [-0.3, -0.25) is 4.79 Å². The first-order valence-corrected chi connectivity index (χ1v) is 9.26. The standard InChI is InChI=1S/C12H16ClNO3S2/c1-7(9-3-4-9)12(15)14-8(2)10-5-6-11(18-10)19(13,16)17/h5-9H,3-4H2,1-2H3,(H,14,15). The van der Waals surface area contributed by atoms with Crippen LogP contribution in [0.2, 0.25) is 0 Å². The number of carbonyl (C=O) groups is 1. The lowest BCUT2D eigenvalue weighted by Gasteiger charge is -2.16. The van der Waals surface area contributed by atoms with Crippen LogP contribution in [0.5, 0.6) is 0 Å². The van der Waals surface area contributed by atoms with Crippen LogP contribution < -0.4 is 5.32 Å². The first kappa shape index (κ1) is 14.8. The molecule has 1 N–H and O–H groups in total. The maximum Gasteiger partial charge on any atom is 0.270 e. The van der Waals surface area contributed by atoms with Gasteiger partial charge in [0.25, 0.3) is 9.05 Å². The van der Waals surface area contributed by atoms with E-state index in [1.54, 1.807) is 6.07 Å². The van der Waals surface area contributed by atoms with Gasteiger partial charge in [-0.1, -0.05) is 6.92 Å². The van der Waals surface area contributed by atoms with Crippen LogP contribution in [-0.4, -0.2) is 14.3 Å². The molecule has 1 aliphatic carbocycles. The predicted octanol–water partition coefficient (Wildman–Crippen LogP) is 2.90. The average Bonchev–Trinajstić information content (AvgIpc) is 3.02. The zero-order valence-electron chi connectivity index (χ0n) is 10.7. The van der Waals surface area contributed by atoms with Gasteiger partial charge in [-0.05, 0) is 37.8 Å². The number of halogens is 1. The number of thiophene rings is 1. The fourth-order valence-corrected chi connectivity index (χ4v) is 4.02. The van der Waals surface area contributed by atoms with Gasteiger partial charge in [0.1, 0.15) is 4.21 Å². The Bertz CT molecular complexity index is 578. The molecule has 0 saturated heterocycles. The molecule has 19 heavy (non-hydrogen) atoms. The normalized spacial score (nSPS) is 18.9. The molecular formula is C12H16ClNO3S2. The van der Waals surface area contributed by atoms with Crippen molar-refractivity contribution in [3.8, 4) is 0 Å². The summed E-state index contributed by atoms with van der Waals surface area (Å²) in [7, 11) is 1.59. The van der Waals surface area contributed by atoms with E-state index in [2.05, 4.69) is 5.32 Å². The Morgan fingerprint density at radius 1 is 1.42 bits per heavy atom. The molecule has 1 amide bonds. The highest BCUT2D eigenvalue weighted by Gasteiger charge is 2.33. The van der Waals surface area contributed by atoms with Crippen molar-refractivity contribution in [1.29, 1.82) is 0 Å². The Kier molecular flexibility index (Phi) is 4.23. The fourth-order valence-electron chi connectivity index (χ4n) is 1.92. The second-order valence-electron chi connectivity index (χ2n) is 4.95. The Labute approximate surface area is 121 Å². The van der Waals surface area contributed by atoms with Crippen LogP contribution in [0, 0.1) is 11.8 Å². The smallest absolute Gasteiger partial charge is 0.270 e. The van der Waals surface area contributed by atoms with Gasteiger partial charge in [-0.2, -0.15) is 0 Å². The van der Waals surface area contributed by atoms with E-state index in [4.69, 9.17) is 10.7 Å². The molecule has 2 atom stereocenters. The Hall–Kier alpha value is -0.590. The molecular weight excluding hydrogens is 306 g/mol. The van der Waals surface area contributed by atoms with Gasteiger partial charge in [0.15, 0.2) is 0 Å². The largest absolute Gasteiger partial charge is 0.349 e. The van der Waals surface area contributed by atoms with Gasteiger partial charge in [0.2, 0.25) is 5.91 Å². The third kappa shape index (κ3) is 3.70. The van der Waals surface area contributed by atoms with Gasteiger partial charge in [-0.25, -0.2) is 8.42 Å². The summed E-state index contributed by atoms with van der Waals surface area (Å²) < 4.78 is 22.5. The van der Waals surface area contributed by atoms with E-state index in [0.717, 1.165) is 29.1 Å². The highest BCUT2D eigenvalue weighted by atomic mass is 35.7. The van der Waals surface area contributed by atoms with Crippen molar-refractivity contribution in [3.63, 3.8) is 0 Å².